The Balaban J connectivity index is 1.24. The predicted octanol–water partition coefficient (Wildman–Crippen LogP) is 3.60. The third kappa shape index (κ3) is 4.06. The lowest BCUT2D eigenvalue weighted by Crippen LogP contribution is -2.11. The van der Waals surface area contributed by atoms with Gasteiger partial charge in [-0.3, -0.25) is 14.8 Å². The molecular formula is C22H16N8O. The number of benzene rings is 2. The molecular weight excluding hydrogens is 392 g/mol. The van der Waals surface area contributed by atoms with Crippen molar-refractivity contribution in [3.63, 3.8) is 0 Å². The van der Waals surface area contributed by atoms with Crippen LogP contribution in [0.3, 0.4) is 0 Å². The highest BCUT2D eigenvalue weighted by atomic mass is 16.1. The van der Waals surface area contributed by atoms with Crippen LogP contribution >= 0.6 is 0 Å². The Labute approximate surface area is 176 Å². The van der Waals surface area contributed by atoms with Gasteiger partial charge in [-0.15, -0.1) is 10.2 Å². The minimum Gasteiger partial charge on any atom is -0.339 e. The quantitative estimate of drug-likeness (QED) is 0.457. The first-order chi connectivity index (χ1) is 15.2. The van der Waals surface area contributed by atoms with Crippen LogP contribution in [0.25, 0.3) is 16.9 Å². The first-order valence-electron chi connectivity index (χ1n) is 9.48. The van der Waals surface area contributed by atoms with Crippen molar-refractivity contribution in [2.75, 3.05) is 10.6 Å². The van der Waals surface area contributed by atoms with Gasteiger partial charge in [-0.2, -0.15) is 5.10 Å². The van der Waals surface area contributed by atoms with Crippen LogP contribution in [0.1, 0.15) is 10.4 Å². The fraction of sp³-hybridized carbons (Fsp3) is 0. The van der Waals surface area contributed by atoms with Crippen molar-refractivity contribution in [1.29, 1.82) is 0 Å². The molecule has 5 rings (SSSR count). The molecule has 0 unspecified atom stereocenters. The van der Waals surface area contributed by atoms with E-state index in [0.29, 0.717) is 28.4 Å². The van der Waals surface area contributed by atoms with Gasteiger partial charge in [0.25, 0.3) is 5.91 Å². The number of fused-ring (bicyclic) bond motifs is 1. The zero-order valence-corrected chi connectivity index (χ0v) is 16.2. The van der Waals surface area contributed by atoms with Crippen LogP contribution in [-0.4, -0.2) is 35.9 Å². The molecule has 0 aliphatic carbocycles. The van der Waals surface area contributed by atoms with E-state index < -0.39 is 0 Å². The standard InChI is InChI=1S/C22H16N8O/c31-22(15-2-7-18-19(14-15)24-12-11-23-18)27-17-5-3-16(4-6-17)26-20-8-9-21(29-28-20)30-13-1-10-25-30/h1-14H,(H,26,28)(H,27,31). The number of hydrogen-bond acceptors (Lipinski definition) is 7. The fourth-order valence-electron chi connectivity index (χ4n) is 3.01. The van der Waals surface area contributed by atoms with Gasteiger partial charge in [-0.05, 0) is 60.7 Å². The van der Waals surface area contributed by atoms with Crippen molar-refractivity contribution in [1.82, 2.24) is 29.9 Å². The molecule has 9 nitrogen and oxygen atoms in total. The number of nitrogens with zero attached hydrogens (tertiary/aromatic N) is 6. The summed E-state index contributed by atoms with van der Waals surface area (Å²) in [6.45, 7) is 0. The monoisotopic (exact) mass is 408 g/mol. The molecule has 0 fully saturated rings. The van der Waals surface area contributed by atoms with Crippen molar-refractivity contribution >= 4 is 34.1 Å². The van der Waals surface area contributed by atoms with Crippen LogP contribution in [0.15, 0.2) is 85.5 Å². The van der Waals surface area contributed by atoms with Crippen LogP contribution in [0.2, 0.25) is 0 Å². The highest BCUT2D eigenvalue weighted by Gasteiger charge is 2.08. The number of aromatic nitrogens is 6. The largest absolute Gasteiger partial charge is 0.339 e. The molecule has 2 N–H and O–H groups in total. The van der Waals surface area contributed by atoms with Crippen LogP contribution < -0.4 is 10.6 Å². The van der Waals surface area contributed by atoms with Gasteiger partial charge in [0.2, 0.25) is 0 Å². The van der Waals surface area contributed by atoms with E-state index in [2.05, 4.69) is 35.9 Å². The number of rotatable bonds is 5. The topological polar surface area (TPSA) is 111 Å². The van der Waals surface area contributed by atoms with Crippen molar-refractivity contribution in [2.45, 2.75) is 0 Å². The molecule has 150 valence electrons. The average Bonchev–Trinajstić information content (AvgIpc) is 3.35. The Morgan fingerprint density at radius 3 is 2.35 bits per heavy atom. The predicted molar refractivity (Wildman–Crippen MR) is 116 cm³/mol. The number of amides is 1. The van der Waals surface area contributed by atoms with E-state index >= 15 is 0 Å². The number of hydrogen-bond donors (Lipinski definition) is 2. The Morgan fingerprint density at radius 1 is 0.806 bits per heavy atom. The second-order valence-corrected chi connectivity index (χ2v) is 6.64. The molecule has 0 aliphatic heterocycles. The zero-order valence-electron chi connectivity index (χ0n) is 16.2. The molecule has 2 aromatic carbocycles. The van der Waals surface area contributed by atoms with Crippen LogP contribution in [0, 0.1) is 0 Å². The summed E-state index contributed by atoms with van der Waals surface area (Å²) in [4.78, 5) is 21.0. The van der Waals surface area contributed by atoms with Crippen molar-refractivity contribution in [2.24, 2.45) is 0 Å². The lowest BCUT2D eigenvalue weighted by molar-refractivity contribution is 0.102. The van der Waals surface area contributed by atoms with Gasteiger partial charge >= 0.3 is 0 Å². The number of nitrogens with one attached hydrogen (secondary N) is 2. The Morgan fingerprint density at radius 2 is 1.61 bits per heavy atom. The van der Waals surface area contributed by atoms with E-state index in [1.54, 1.807) is 47.7 Å². The molecule has 0 bridgehead atoms. The van der Waals surface area contributed by atoms with E-state index in [9.17, 15) is 4.79 Å². The van der Waals surface area contributed by atoms with E-state index in [1.807, 2.05) is 42.5 Å². The lowest BCUT2D eigenvalue weighted by Gasteiger charge is -2.09. The molecule has 3 heterocycles. The summed E-state index contributed by atoms with van der Waals surface area (Å²) in [6.07, 6.45) is 6.71. The molecule has 31 heavy (non-hydrogen) atoms. The first-order valence-corrected chi connectivity index (χ1v) is 9.48. The van der Waals surface area contributed by atoms with E-state index in [4.69, 9.17) is 0 Å². The SMILES string of the molecule is O=C(Nc1ccc(Nc2ccc(-n3cccn3)nn2)cc1)c1ccc2nccnc2c1. The van der Waals surface area contributed by atoms with Crippen LogP contribution in [-0.2, 0) is 0 Å². The van der Waals surface area contributed by atoms with Crippen molar-refractivity contribution in [3.8, 4) is 5.82 Å². The molecule has 1 amide bonds. The molecule has 5 aromatic rings. The normalized spacial score (nSPS) is 10.7. The summed E-state index contributed by atoms with van der Waals surface area (Å²) in [6, 6.07) is 18.0. The smallest absolute Gasteiger partial charge is 0.255 e. The van der Waals surface area contributed by atoms with E-state index in [-0.39, 0.29) is 5.91 Å². The maximum Gasteiger partial charge on any atom is 0.255 e. The summed E-state index contributed by atoms with van der Waals surface area (Å²) in [5, 5.41) is 18.5. The van der Waals surface area contributed by atoms with Gasteiger partial charge in [0.15, 0.2) is 11.6 Å². The van der Waals surface area contributed by atoms with Gasteiger partial charge in [0.05, 0.1) is 11.0 Å². The average molecular weight is 408 g/mol. The molecule has 0 radical (unpaired) electrons. The maximum absolute atomic E-state index is 12.6. The van der Waals surface area contributed by atoms with Crippen molar-refractivity contribution in [3.05, 3.63) is 91.0 Å². The summed E-state index contributed by atoms with van der Waals surface area (Å²) in [7, 11) is 0. The lowest BCUT2D eigenvalue weighted by atomic mass is 10.1. The Kier molecular flexibility index (Phi) is 4.74. The van der Waals surface area contributed by atoms with Crippen molar-refractivity contribution < 1.29 is 4.79 Å². The van der Waals surface area contributed by atoms with Gasteiger partial charge in [-0.1, -0.05) is 0 Å². The summed E-state index contributed by atoms with van der Waals surface area (Å²) in [5.41, 5.74) is 3.43. The second-order valence-electron chi connectivity index (χ2n) is 6.64. The van der Waals surface area contributed by atoms with Gasteiger partial charge in [-0.25, -0.2) is 4.68 Å². The van der Waals surface area contributed by atoms with E-state index in [1.165, 1.54) is 0 Å². The first kappa shape index (κ1) is 18.4. The number of carbonyl (C=O) groups excluding carboxylic acids is 1. The summed E-state index contributed by atoms with van der Waals surface area (Å²) < 4.78 is 1.64. The minimum absolute atomic E-state index is 0.215. The highest BCUT2D eigenvalue weighted by molar-refractivity contribution is 6.05. The number of carbonyl (C=O) groups is 1. The fourth-order valence-corrected chi connectivity index (χ4v) is 3.01. The van der Waals surface area contributed by atoms with Gasteiger partial charge < -0.3 is 10.6 Å². The highest BCUT2D eigenvalue weighted by Crippen LogP contribution is 2.19. The third-order valence-electron chi connectivity index (χ3n) is 4.54. The summed E-state index contributed by atoms with van der Waals surface area (Å²) in [5.74, 6) is 1.02. The molecule has 0 saturated heterocycles. The molecule has 9 heteroatoms. The number of anilines is 3. The Bertz CT molecular complexity index is 1330. The maximum atomic E-state index is 12.6. The van der Waals surface area contributed by atoms with E-state index in [0.717, 1.165) is 11.2 Å². The third-order valence-corrected chi connectivity index (χ3v) is 4.54. The Hall–Kier alpha value is -4.66. The van der Waals surface area contributed by atoms with Crippen LogP contribution in [0.5, 0.6) is 0 Å². The second kappa shape index (κ2) is 7.99. The molecule has 3 aromatic heterocycles. The van der Waals surface area contributed by atoms with Gasteiger partial charge in [0.1, 0.15) is 0 Å². The van der Waals surface area contributed by atoms with Crippen LogP contribution in [0.4, 0.5) is 17.2 Å². The zero-order chi connectivity index (χ0) is 21.0. The minimum atomic E-state index is -0.215. The molecule has 0 aliphatic rings. The molecule has 0 spiro atoms. The summed E-state index contributed by atoms with van der Waals surface area (Å²) >= 11 is 0. The molecule has 0 saturated carbocycles. The molecule has 0 atom stereocenters. The van der Waals surface area contributed by atoms with Gasteiger partial charge in [0, 0.05) is 41.7 Å².